The van der Waals surface area contributed by atoms with Gasteiger partial charge in [-0.15, -0.1) is 0 Å². The highest BCUT2D eigenvalue weighted by Crippen LogP contribution is 2.24. The van der Waals surface area contributed by atoms with Crippen molar-refractivity contribution in [3.63, 3.8) is 0 Å². The number of benzene rings is 1. The lowest BCUT2D eigenvalue weighted by atomic mass is 10.1. The molecule has 1 N–H and O–H groups in total. The van der Waals surface area contributed by atoms with Gasteiger partial charge in [0.05, 0.1) is 0 Å². The van der Waals surface area contributed by atoms with Crippen LogP contribution in [0.4, 0.5) is 8.78 Å². The van der Waals surface area contributed by atoms with E-state index in [2.05, 4.69) is 17.3 Å². The summed E-state index contributed by atoms with van der Waals surface area (Å²) in [7, 11) is 2.14. The van der Waals surface area contributed by atoms with E-state index in [9.17, 15) is 8.78 Å². The van der Waals surface area contributed by atoms with Crippen LogP contribution in [0, 0.1) is 0 Å². The molecule has 0 unspecified atom stereocenters. The number of halogens is 2. The van der Waals surface area contributed by atoms with Crippen LogP contribution in [0.2, 0.25) is 0 Å². The number of nitrogens with zero attached hydrogens (tertiary/aromatic N) is 1. The van der Waals surface area contributed by atoms with E-state index in [4.69, 9.17) is 0 Å². The van der Waals surface area contributed by atoms with Gasteiger partial charge in [0.2, 0.25) is 0 Å². The maximum atomic E-state index is 12.5. The summed E-state index contributed by atoms with van der Waals surface area (Å²) in [6.45, 7) is 2.56. The van der Waals surface area contributed by atoms with Crippen molar-refractivity contribution in [2.75, 3.05) is 20.1 Å². The maximum Gasteiger partial charge on any atom is 0.263 e. The van der Waals surface area contributed by atoms with Crippen LogP contribution in [0.3, 0.4) is 0 Å². The quantitative estimate of drug-likeness (QED) is 0.753. The van der Waals surface area contributed by atoms with Crippen LogP contribution in [0.5, 0.6) is 0 Å². The predicted molar refractivity (Wildman–Crippen MR) is 68.8 cm³/mol. The van der Waals surface area contributed by atoms with Crippen LogP contribution in [-0.2, 0) is 6.54 Å². The third-order valence-electron chi connectivity index (χ3n) is 3.34. The molecule has 0 atom stereocenters. The van der Waals surface area contributed by atoms with E-state index in [0.717, 1.165) is 24.7 Å². The topological polar surface area (TPSA) is 15.3 Å². The minimum absolute atomic E-state index is 0.101. The first-order valence-electron chi connectivity index (χ1n) is 6.45. The summed E-state index contributed by atoms with van der Waals surface area (Å²) in [5.41, 5.74) is 1.02. The van der Waals surface area contributed by atoms with E-state index in [-0.39, 0.29) is 5.56 Å². The molecule has 0 saturated heterocycles. The van der Waals surface area contributed by atoms with E-state index < -0.39 is 6.43 Å². The van der Waals surface area contributed by atoms with E-state index in [1.165, 1.54) is 18.9 Å². The van der Waals surface area contributed by atoms with Crippen molar-refractivity contribution in [3.05, 3.63) is 35.4 Å². The summed E-state index contributed by atoms with van der Waals surface area (Å²) in [6.07, 6.45) is 0.241. The molecule has 0 heterocycles. The Morgan fingerprint density at radius 2 is 2.17 bits per heavy atom. The highest BCUT2D eigenvalue weighted by molar-refractivity contribution is 5.24. The summed E-state index contributed by atoms with van der Waals surface area (Å²) >= 11 is 0. The maximum absolute atomic E-state index is 12.5. The summed E-state index contributed by atoms with van der Waals surface area (Å²) in [5.74, 6) is 0. The van der Waals surface area contributed by atoms with Gasteiger partial charge >= 0.3 is 0 Å². The van der Waals surface area contributed by atoms with Crippen molar-refractivity contribution in [1.82, 2.24) is 10.2 Å². The van der Waals surface area contributed by atoms with Crippen molar-refractivity contribution in [2.45, 2.75) is 31.9 Å². The molecule has 0 bridgehead atoms. The van der Waals surface area contributed by atoms with E-state index in [0.29, 0.717) is 6.54 Å². The molecule has 0 spiro atoms. The van der Waals surface area contributed by atoms with E-state index >= 15 is 0 Å². The van der Waals surface area contributed by atoms with Crippen molar-refractivity contribution < 1.29 is 8.78 Å². The van der Waals surface area contributed by atoms with Crippen LogP contribution in [0.15, 0.2) is 24.3 Å². The Hall–Kier alpha value is -1.00. The van der Waals surface area contributed by atoms with Gasteiger partial charge in [0.15, 0.2) is 0 Å². The van der Waals surface area contributed by atoms with Crippen molar-refractivity contribution in [2.24, 2.45) is 0 Å². The zero-order valence-corrected chi connectivity index (χ0v) is 10.7. The zero-order chi connectivity index (χ0) is 13.0. The van der Waals surface area contributed by atoms with E-state index in [1.807, 2.05) is 6.07 Å². The first-order chi connectivity index (χ1) is 8.66. The molecular formula is C14H20F2N2. The number of nitrogens with one attached hydrogen (secondary N) is 1. The fourth-order valence-electron chi connectivity index (χ4n) is 2.02. The molecule has 0 aromatic heterocycles. The molecule has 2 rings (SSSR count). The van der Waals surface area contributed by atoms with Gasteiger partial charge in [-0.3, -0.25) is 0 Å². The first kappa shape index (κ1) is 13.4. The third kappa shape index (κ3) is 4.03. The molecule has 2 nitrogen and oxygen atoms in total. The highest BCUT2D eigenvalue weighted by Gasteiger charge is 2.25. The van der Waals surface area contributed by atoms with Gasteiger partial charge in [-0.05, 0) is 31.5 Å². The number of likely N-dealkylation sites (N-methyl/N-ethyl adjacent to an activating group) is 1. The van der Waals surface area contributed by atoms with Gasteiger partial charge in [-0.1, -0.05) is 18.2 Å². The standard InChI is InChI=1S/C14H20F2N2/c1-18(13-5-6-13)8-7-17-10-11-3-2-4-12(9-11)14(15)16/h2-4,9,13-14,17H,5-8,10H2,1H3. The fraction of sp³-hybridized carbons (Fsp3) is 0.571. The normalized spacial score (nSPS) is 15.6. The lowest BCUT2D eigenvalue weighted by Crippen LogP contribution is -2.30. The van der Waals surface area contributed by atoms with Crippen molar-refractivity contribution >= 4 is 0 Å². The second-order valence-corrected chi connectivity index (χ2v) is 4.93. The Bertz CT molecular complexity index is 378. The minimum Gasteiger partial charge on any atom is -0.311 e. The summed E-state index contributed by atoms with van der Waals surface area (Å²) in [4.78, 5) is 2.35. The van der Waals surface area contributed by atoms with Gasteiger partial charge in [-0.25, -0.2) is 8.78 Å². The van der Waals surface area contributed by atoms with Gasteiger partial charge < -0.3 is 10.2 Å². The first-order valence-corrected chi connectivity index (χ1v) is 6.45. The van der Waals surface area contributed by atoms with Crippen molar-refractivity contribution in [1.29, 1.82) is 0 Å². The SMILES string of the molecule is CN(CCNCc1cccc(C(F)F)c1)C1CC1. The summed E-state index contributed by atoms with van der Waals surface area (Å²) in [5, 5.41) is 3.29. The molecule has 1 saturated carbocycles. The Morgan fingerprint density at radius 3 is 2.83 bits per heavy atom. The van der Waals surface area contributed by atoms with Gasteiger partial charge in [0.25, 0.3) is 6.43 Å². The monoisotopic (exact) mass is 254 g/mol. The summed E-state index contributed by atoms with van der Waals surface area (Å²) in [6, 6.07) is 7.38. The minimum atomic E-state index is -2.38. The third-order valence-corrected chi connectivity index (χ3v) is 3.34. The second kappa shape index (κ2) is 6.25. The number of hydrogen-bond acceptors (Lipinski definition) is 2. The molecule has 100 valence electrons. The molecular weight excluding hydrogens is 234 g/mol. The van der Waals surface area contributed by atoms with Crippen LogP contribution >= 0.6 is 0 Å². The lowest BCUT2D eigenvalue weighted by molar-refractivity contribution is 0.151. The Balaban J connectivity index is 1.70. The fourth-order valence-corrected chi connectivity index (χ4v) is 2.02. The Morgan fingerprint density at radius 1 is 1.39 bits per heavy atom. The van der Waals surface area contributed by atoms with Gasteiger partial charge in [-0.2, -0.15) is 0 Å². The summed E-state index contributed by atoms with van der Waals surface area (Å²) < 4.78 is 25.0. The zero-order valence-electron chi connectivity index (χ0n) is 10.7. The number of alkyl halides is 2. The van der Waals surface area contributed by atoms with Crippen LogP contribution in [0.1, 0.15) is 30.4 Å². The van der Waals surface area contributed by atoms with Crippen LogP contribution in [0.25, 0.3) is 0 Å². The molecule has 1 aromatic carbocycles. The Kier molecular flexibility index (Phi) is 4.66. The second-order valence-electron chi connectivity index (χ2n) is 4.93. The molecule has 0 radical (unpaired) electrons. The number of hydrogen-bond donors (Lipinski definition) is 1. The molecule has 18 heavy (non-hydrogen) atoms. The Labute approximate surface area is 107 Å². The molecule has 1 fully saturated rings. The van der Waals surface area contributed by atoms with Crippen LogP contribution < -0.4 is 5.32 Å². The smallest absolute Gasteiger partial charge is 0.263 e. The number of rotatable bonds is 7. The molecule has 1 aliphatic carbocycles. The van der Waals surface area contributed by atoms with Gasteiger partial charge in [0.1, 0.15) is 0 Å². The van der Waals surface area contributed by atoms with E-state index in [1.54, 1.807) is 12.1 Å². The van der Waals surface area contributed by atoms with Crippen LogP contribution in [-0.4, -0.2) is 31.1 Å². The molecule has 0 amide bonds. The highest BCUT2D eigenvalue weighted by atomic mass is 19.3. The molecule has 1 aromatic rings. The molecule has 4 heteroatoms. The molecule has 1 aliphatic rings. The largest absolute Gasteiger partial charge is 0.311 e. The van der Waals surface area contributed by atoms with Gasteiger partial charge in [0, 0.05) is 31.2 Å². The average molecular weight is 254 g/mol. The predicted octanol–water partition coefficient (Wildman–Crippen LogP) is 2.81. The van der Waals surface area contributed by atoms with Crippen molar-refractivity contribution in [3.8, 4) is 0 Å². The molecule has 0 aliphatic heterocycles. The average Bonchev–Trinajstić information content (AvgIpc) is 3.19. The lowest BCUT2D eigenvalue weighted by Gasteiger charge is -2.15.